The molecule has 0 radical (unpaired) electrons. The van der Waals surface area contributed by atoms with Gasteiger partial charge in [-0.3, -0.25) is 4.79 Å². The molecule has 3 aromatic rings. The second-order valence-electron chi connectivity index (χ2n) is 6.03. The Hall–Kier alpha value is -2.54. The Morgan fingerprint density at radius 1 is 1.25 bits per heavy atom. The third-order valence-electron chi connectivity index (χ3n) is 4.15. The van der Waals surface area contributed by atoms with Crippen molar-refractivity contribution in [2.24, 2.45) is 0 Å². The average molecular weight is 339 g/mol. The van der Waals surface area contributed by atoms with Crippen LogP contribution in [0.5, 0.6) is 0 Å². The van der Waals surface area contributed by atoms with Gasteiger partial charge in [0.25, 0.3) is 5.95 Å². The number of carbonyl (C=O) groups excluding carboxylic acids is 1. The standard InChI is InChI=1S/C17H17N5OS/c1-9-7-10(2)19-17(18-9)22-16-15(11(3)21-22)12(8-14(23)20-16)13-5-4-6-24-13/h4-7,12H,8H2,1-3H3,(H,20,23)/t12-/m1/s1. The van der Waals surface area contributed by atoms with E-state index in [1.54, 1.807) is 16.0 Å². The van der Waals surface area contributed by atoms with Gasteiger partial charge in [0.1, 0.15) is 5.82 Å². The van der Waals surface area contributed by atoms with Crippen LogP contribution in [-0.4, -0.2) is 25.7 Å². The van der Waals surface area contributed by atoms with E-state index in [-0.39, 0.29) is 11.8 Å². The molecule has 4 rings (SSSR count). The monoisotopic (exact) mass is 339 g/mol. The van der Waals surface area contributed by atoms with Gasteiger partial charge in [-0.15, -0.1) is 11.3 Å². The van der Waals surface area contributed by atoms with Crippen LogP contribution in [0.3, 0.4) is 0 Å². The molecule has 4 heterocycles. The van der Waals surface area contributed by atoms with Crippen LogP contribution in [0.2, 0.25) is 0 Å². The van der Waals surface area contributed by atoms with Crippen molar-refractivity contribution in [3.05, 3.63) is 51.1 Å². The molecule has 6 nitrogen and oxygen atoms in total. The highest BCUT2D eigenvalue weighted by atomic mass is 32.1. The lowest BCUT2D eigenvalue weighted by atomic mass is 9.91. The quantitative estimate of drug-likeness (QED) is 0.778. The Morgan fingerprint density at radius 3 is 2.67 bits per heavy atom. The molecule has 0 aliphatic carbocycles. The summed E-state index contributed by atoms with van der Waals surface area (Å²) in [7, 11) is 0. The number of nitrogens with zero attached hydrogens (tertiary/aromatic N) is 4. The number of fused-ring (bicyclic) bond motifs is 1. The van der Waals surface area contributed by atoms with Gasteiger partial charge in [-0.05, 0) is 38.3 Å². The van der Waals surface area contributed by atoms with Crippen LogP contribution in [0.1, 0.15) is 39.9 Å². The van der Waals surface area contributed by atoms with Gasteiger partial charge in [0, 0.05) is 34.2 Å². The van der Waals surface area contributed by atoms with E-state index in [9.17, 15) is 4.79 Å². The number of anilines is 1. The maximum atomic E-state index is 12.3. The van der Waals surface area contributed by atoms with Crippen molar-refractivity contribution in [3.63, 3.8) is 0 Å². The Morgan fingerprint density at radius 2 is 2.00 bits per heavy atom. The first-order valence-electron chi connectivity index (χ1n) is 7.78. The van der Waals surface area contributed by atoms with Crippen molar-refractivity contribution in [1.29, 1.82) is 0 Å². The number of amides is 1. The minimum Gasteiger partial charge on any atom is -0.310 e. The van der Waals surface area contributed by atoms with Gasteiger partial charge in [0.15, 0.2) is 0 Å². The van der Waals surface area contributed by atoms with Crippen LogP contribution < -0.4 is 5.32 Å². The molecule has 0 spiro atoms. The summed E-state index contributed by atoms with van der Waals surface area (Å²) in [6, 6.07) is 6.00. The molecule has 24 heavy (non-hydrogen) atoms. The molecule has 0 fully saturated rings. The van der Waals surface area contributed by atoms with Gasteiger partial charge in [0.2, 0.25) is 5.91 Å². The zero-order valence-corrected chi connectivity index (χ0v) is 14.5. The normalized spacial score (nSPS) is 16.8. The largest absolute Gasteiger partial charge is 0.310 e. The molecule has 0 bridgehead atoms. The molecule has 0 unspecified atom stereocenters. The number of nitrogens with one attached hydrogen (secondary N) is 1. The van der Waals surface area contributed by atoms with E-state index in [1.807, 2.05) is 38.3 Å². The first kappa shape index (κ1) is 15.0. The molecule has 7 heteroatoms. The zero-order valence-electron chi connectivity index (χ0n) is 13.7. The summed E-state index contributed by atoms with van der Waals surface area (Å²) in [5, 5.41) is 9.62. The minimum atomic E-state index is -0.00794. The van der Waals surface area contributed by atoms with Crippen molar-refractivity contribution in [1.82, 2.24) is 19.7 Å². The number of carbonyl (C=O) groups is 1. The van der Waals surface area contributed by atoms with Crippen LogP contribution in [-0.2, 0) is 4.79 Å². The highest BCUT2D eigenvalue weighted by Gasteiger charge is 2.33. The first-order valence-corrected chi connectivity index (χ1v) is 8.66. The smallest absolute Gasteiger partial charge is 0.252 e. The van der Waals surface area contributed by atoms with E-state index in [1.165, 1.54) is 4.88 Å². The molecule has 1 atom stereocenters. The van der Waals surface area contributed by atoms with Crippen LogP contribution in [0, 0.1) is 20.8 Å². The SMILES string of the molecule is Cc1cc(C)nc(-n2nc(C)c3c2NC(=O)C[C@@H]3c2cccs2)n1. The first-order chi connectivity index (χ1) is 11.5. The van der Waals surface area contributed by atoms with Gasteiger partial charge in [0.05, 0.1) is 5.69 Å². The number of hydrogen-bond donors (Lipinski definition) is 1. The Labute approximate surface area is 143 Å². The van der Waals surface area contributed by atoms with E-state index in [0.29, 0.717) is 18.2 Å². The van der Waals surface area contributed by atoms with E-state index >= 15 is 0 Å². The van der Waals surface area contributed by atoms with Crippen molar-refractivity contribution in [3.8, 4) is 5.95 Å². The second kappa shape index (κ2) is 5.52. The van der Waals surface area contributed by atoms with E-state index in [2.05, 4.69) is 26.4 Å². The van der Waals surface area contributed by atoms with Crippen molar-refractivity contribution in [2.75, 3.05) is 5.32 Å². The maximum absolute atomic E-state index is 12.3. The second-order valence-corrected chi connectivity index (χ2v) is 7.01. The number of rotatable bonds is 2. The number of aryl methyl sites for hydroxylation is 3. The Balaban J connectivity index is 1.91. The van der Waals surface area contributed by atoms with Crippen LogP contribution in [0.15, 0.2) is 23.6 Å². The highest BCUT2D eigenvalue weighted by molar-refractivity contribution is 7.10. The van der Waals surface area contributed by atoms with Gasteiger partial charge < -0.3 is 5.32 Å². The number of hydrogen-bond acceptors (Lipinski definition) is 5. The van der Waals surface area contributed by atoms with Gasteiger partial charge in [-0.25, -0.2) is 9.97 Å². The molecule has 1 N–H and O–H groups in total. The van der Waals surface area contributed by atoms with Crippen LogP contribution in [0.25, 0.3) is 5.95 Å². The fourth-order valence-corrected chi connectivity index (χ4v) is 4.06. The maximum Gasteiger partial charge on any atom is 0.252 e. The highest BCUT2D eigenvalue weighted by Crippen LogP contribution is 2.41. The van der Waals surface area contributed by atoms with Gasteiger partial charge in [-0.1, -0.05) is 6.07 Å². The van der Waals surface area contributed by atoms with E-state index < -0.39 is 0 Å². The van der Waals surface area contributed by atoms with E-state index in [0.717, 1.165) is 22.6 Å². The molecule has 1 aliphatic rings. The summed E-state index contributed by atoms with van der Waals surface area (Å²) in [5.74, 6) is 1.20. The van der Waals surface area contributed by atoms with Crippen LogP contribution >= 0.6 is 11.3 Å². The lowest BCUT2D eigenvalue weighted by Gasteiger charge is -2.22. The molecule has 1 amide bonds. The predicted octanol–water partition coefficient (Wildman–Crippen LogP) is 3.12. The molecule has 122 valence electrons. The summed E-state index contributed by atoms with van der Waals surface area (Å²) >= 11 is 1.67. The zero-order chi connectivity index (χ0) is 16.8. The van der Waals surface area contributed by atoms with Gasteiger partial charge >= 0.3 is 0 Å². The molecule has 0 saturated carbocycles. The fourth-order valence-electron chi connectivity index (χ4n) is 3.23. The summed E-state index contributed by atoms with van der Waals surface area (Å²) in [6.45, 7) is 5.82. The van der Waals surface area contributed by atoms with Crippen molar-refractivity contribution >= 4 is 23.1 Å². The summed E-state index contributed by atoms with van der Waals surface area (Å²) in [4.78, 5) is 22.4. The number of aromatic nitrogens is 4. The third-order valence-corrected chi connectivity index (χ3v) is 5.14. The van der Waals surface area contributed by atoms with Crippen molar-refractivity contribution < 1.29 is 4.79 Å². The average Bonchev–Trinajstić information content (AvgIpc) is 3.14. The third kappa shape index (κ3) is 2.41. The van der Waals surface area contributed by atoms with Gasteiger partial charge in [-0.2, -0.15) is 9.78 Å². The molecule has 1 aliphatic heterocycles. The Bertz CT molecular complexity index is 909. The fraction of sp³-hybridized carbons (Fsp3) is 0.294. The predicted molar refractivity (Wildman–Crippen MR) is 92.8 cm³/mol. The molecule has 0 saturated heterocycles. The molecular formula is C17H17N5OS. The Kier molecular flexibility index (Phi) is 3.45. The number of thiophene rings is 1. The van der Waals surface area contributed by atoms with E-state index in [4.69, 9.17) is 0 Å². The van der Waals surface area contributed by atoms with Crippen molar-refractivity contribution in [2.45, 2.75) is 33.1 Å². The van der Waals surface area contributed by atoms with Crippen LogP contribution in [0.4, 0.5) is 5.82 Å². The molecular weight excluding hydrogens is 322 g/mol. The minimum absolute atomic E-state index is 0.00794. The summed E-state index contributed by atoms with van der Waals surface area (Å²) in [6.07, 6.45) is 0.438. The lowest BCUT2D eigenvalue weighted by molar-refractivity contribution is -0.116. The summed E-state index contributed by atoms with van der Waals surface area (Å²) in [5.41, 5.74) is 3.69. The molecule has 0 aromatic carbocycles. The summed E-state index contributed by atoms with van der Waals surface area (Å²) < 4.78 is 1.66. The topological polar surface area (TPSA) is 72.7 Å². The molecule has 3 aromatic heterocycles. The lowest BCUT2D eigenvalue weighted by Crippen LogP contribution is -2.25.